The van der Waals surface area contributed by atoms with Crippen molar-refractivity contribution in [2.75, 3.05) is 13.1 Å². The highest BCUT2D eigenvalue weighted by atomic mass is 16.2. The number of nitrogens with two attached hydrogens (primary N) is 1. The first-order valence-electron chi connectivity index (χ1n) is 8.98. The molecule has 3 rings (SSSR count). The number of hydrogen-bond donors (Lipinski definition) is 3. The van der Waals surface area contributed by atoms with Gasteiger partial charge in [-0.15, -0.1) is 0 Å². The van der Waals surface area contributed by atoms with Crippen LogP contribution in [0.3, 0.4) is 0 Å². The van der Waals surface area contributed by atoms with E-state index in [1.54, 1.807) is 18.2 Å². The van der Waals surface area contributed by atoms with Crippen LogP contribution in [-0.4, -0.2) is 47.7 Å². The van der Waals surface area contributed by atoms with Crippen LogP contribution in [0.1, 0.15) is 53.0 Å². The van der Waals surface area contributed by atoms with Crippen molar-refractivity contribution < 1.29 is 19.2 Å². The number of benzene rings is 1. The molecule has 2 aliphatic rings. The van der Waals surface area contributed by atoms with E-state index in [1.807, 2.05) is 13.8 Å². The van der Waals surface area contributed by atoms with Crippen LogP contribution in [0, 0.1) is 5.41 Å². The van der Waals surface area contributed by atoms with Gasteiger partial charge < -0.3 is 16.0 Å². The average molecular weight is 372 g/mol. The summed E-state index contributed by atoms with van der Waals surface area (Å²) in [5, 5.41) is 5.11. The van der Waals surface area contributed by atoms with Crippen LogP contribution in [-0.2, 0) is 16.1 Å². The van der Waals surface area contributed by atoms with Gasteiger partial charge in [-0.3, -0.25) is 24.5 Å². The Balaban J connectivity index is 1.73. The summed E-state index contributed by atoms with van der Waals surface area (Å²) < 4.78 is 0. The normalized spacial score (nSPS) is 19.7. The van der Waals surface area contributed by atoms with E-state index in [0.29, 0.717) is 37.2 Å². The molecule has 1 aromatic rings. The van der Waals surface area contributed by atoms with E-state index in [1.165, 1.54) is 4.90 Å². The van der Waals surface area contributed by atoms with E-state index in [0.717, 1.165) is 5.56 Å². The highest BCUT2D eigenvalue weighted by molar-refractivity contribution is 6.06. The number of piperidine rings is 1. The first-order chi connectivity index (χ1) is 12.7. The smallest absolute Gasteiger partial charge is 0.255 e. The number of imide groups is 1. The molecule has 1 unspecified atom stereocenters. The lowest BCUT2D eigenvalue weighted by Gasteiger charge is -2.29. The first-order valence-corrected chi connectivity index (χ1v) is 8.98. The second-order valence-electron chi connectivity index (χ2n) is 7.82. The molecule has 1 fully saturated rings. The van der Waals surface area contributed by atoms with Gasteiger partial charge in [0.05, 0.1) is 0 Å². The fraction of sp³-hybridized carbons (Fsp3) is 0.474. The van der Waals surface area contributed by atoms with Gasteiger partial charge in [-0.2, -0.15) is 0 Å². The van der Waals surface area contributed by atoms with Crippen molar-refractivity contribution in [3.63, 3.8) is 0 Å². The Labute approximate surface area is 157 Å². The molecule has 0 radical (unpaired) electrons. The third-order valence-corrected chi connectivity index (χ3v) is 5.07. The molecule has 27 heavy (non-hydrogen) atoms. The van der Waals surface area contributed by atoms with Gasteiger partial charge in [0.25, 0.3) is 11.8 Å². The summed E-state index contributed by atoms with van der Waals surface area (Å²) in [6.45, 7) is 5.07. The van der Waals surface area contributed by atoms with Crippen molar-refractivity contribution in [1.82, 2.24) is 15.5 Å². The molecule has 1 saturated heterocycles. The van der Waals surface area contributed by atoms with Gasteiger partial charge in [0, 0.05) is 30.6 Å². The van der Waals surface area contributed by atoms with E-state index >= 15 is 0 Å². The van der Waals surface area contributed by atoms with E-state index in [9.17, 15) is 19.2 Å². The molecule has 2 aliphatic heterocycles. The lowest BCUT2D eigenvalue weighted by atomic mass is 9.94. The fourth-order valence-corrected chi connectivity index (χ4v) is 3.19. The Kier molecular flexibility index (Phi) is 5.01. The van der Waals surface area contributed by atoms with Crippen molar-refractivity contribution in [2.45, 2.75) is 39.3 Å². The minimum Gasteiger partial charge on any atom is -0.351 e. The number of nitrogens with one attached hydrogen (secondary N) is 2. The molecule has 0 bridgehead atoms. The highest BCUT2D eigenvalue weighted by Crippen LogP contribution is 2.28. The van der Waals surface area contributed by atoms with Crippen LogP contribution in [0.25, 0.3) is 0 Å². The second kappa shape index (κ2) is 7.11. The zero-order valence-electron chi connectivity index (χ0n) is 15.5. The van der Waals surface area contributed by atoms with Crippen LogP contribution in [0.2, 0.25) is 0 Å². The second-order valence-corrected chi connectivity index (χ2v) is 7.82. The van der Waals surface area contributed by atoms with Crippen molar-refractivity contribution in [3.05, 3.63) is 34.9 Å². The maximum atomic E-state index is 12.8. The summed E-state index contributed by atoms with van der Waals surface area (Å²) in [5.41, 5.74) is 7.03. The maximum absolute atomic E-state index is 12.8. The maximum Gasteiger partial charge on any atom is 0.255 e. The van der Waals surface area contributed by atoms with Gasteiger partial charge in [0.2, 0.25) is 11.8 Å². The largest absolute Gasteiger partial charge is 0.351 e. The number of carbonyl (C=O) groups is 4. The molecule has 144 valence electrons. The van der Waals surface area contributed by atoms with Crippen molar-refractivity contribution in [3.8, 4) is 0 Å². The fourth-order valence-electron chi connectivity index (χ4n) is 3.19. The van der Waals surface area contributed by atoms with Gasteiger partial charge in [-0.1, -0.05) is 19.9 Å². The van der Waals surface area contributed by atoms with Gasteiger partial charge in [0.1, 0.15) is 6.04 Å². The monoisotopic (exact) mass is 372 g/mol. The molecular formula is C19H24N4O4. The number of rotatable bonds is 5. The van der Waals surface area contributed by atoms with Gasteiger partial charge in [0.15, 0.2) is 0 Å². The summed E-state index contributed by atoms with van der Waals surface area (Å²) in [5.74, 6) is -1.34. The Hall–Kier alpha value is -2.74. The number of carbonyl (C=O) groups excluding carboxylic acids is 4. The molecule has 2 heterocycles. The van der Waals surface area contributed by atoms with Crippen LogP contribution in [0.15, 0.2) is 18.2 Å². The quantitative estimate of drug-likeness (QED) is 0.636. The third-order valence-electron chi connectivity index (χ3n) is 5.07. The van der Waals surface area contributed by atoms with Gasteiger partial charge in [-0.25, -0.2) is 0 Å². The zero-order valence-corrected chi connectivity index (χ0v) is 15.5. The van der Waals surface area contributed by atoms with Gasteiger partial charge in [-0.05, 0) is 36.1 Å². The number of fused-ring (bicyclic) bond motifs is 1. The molecule has 1 atom stereocenters. The van der Waals surface area contributed by atoms with E-state index in [2.05, 4.69) is 10.6 Å². The molecule has 0 saturated carbocycles. The van der Waals surface area contributed by atoms with Crippen molar-refractivity contribution >= 4 is 23.6 Å². The summed E-state index contributed by atoms with van der Waals surface area (Å²) in [6, 6.07) is 4.31. The lowest BCUT2D eigenvalue weighted by molar-refractivity contribution is -0.136. The molecule has 8 heteroatoms. The Bertz CT molecular complexity index is 818. The van der Waals surface area contributed by atoms with Crippen molar-refractivity contribution in [1.29, 1.82) is 0 Å². The summed E-state index contributed by atoms with van der Waals surface area (Å²) >= 11 is 0. The van der Waals surface area contributed by atoms with Crippen molar-refractivity contribution in [2.24, 2.45) is 11.1 Å². The van der Waals surface area contributed by atoms with E-state index in [-0.39, 0.29) is 29.6 Å². The van der Waals surface area contributed by atoms with Gasteiger partial charge >= 0.3 is 0 Å². The average Bonchev–Trinajstić information content (AvgIpc) is 2.96. The lowest BCUT2D eigenvalue weighted by Crippen LogP contribution is -2.52. The summed E-state index contributed by atoms with van der Waals surface area (Å²) in [6.07, 6.45) is 0.521. The van der Waals surface area contributed by atoms with Crippen LogP contribution >= 0.6 is 0 Å². The first kappa shape index (κ1) is 19.0. The van der Waals surface area contributed by atoms with Crippen LogP contribution in [0.5, 0.6) is 0 Å². The Morgan fingerprint density at radius 2 is 2.07 bits per heavy atom. The SMILES string of the molecule is CC(C)(CN)CNC(=O)c1ccc2c(c1)C(=O)N(C1CCC(=O)NC1=O)C2. The van der Waals surface area contributed by atoms with E-state index in [4.69, 9.17) is 5.73 Å². The Morgan fingerprint density at radius 1 is 1.33 bits per heavy atom. The minimum absolute atomic E-state index is 0.209. The molecule has 8 nitrogen and oxygen atoms in total. The highest BCUT2D eigenvalue weighted by Gasteiger charge is 2.39. The minimum atomic E-state index is -0.662. The molecule has 4 amide bonds. The zero-order chi connectivity index (χ0) is 19.8. The topological polar surface area (TPSA) is 122 Å². The summed E-state index contributed by atoms with van der Waals surface area (Å²) in [7, 11) is 0. The Morgan fingerprint density at radius 3 is 2.74 bits per heavy atom. The van der Waals surface area contributed by atoms with Crippen LogP contribution < -0.4 is 16.4 Å². The third kappa shape index (κ3) is 3.85. The summed E-state index contributed by atoms with van der Waals surface area (Å²) in [4.78, 5) is 50.0. The number of nitrogens with zero attached hydrogens (tertiary/aromatic N) is 1. The predicted molar refractivity (Wildman–Crippen MR) is 97.7 cm³/mol. The number of hydrogen-bond acceptors (Lipinski definition) is 5. The molecule has 0 aromatic heterocycles. The van der Waals surface area contributed by atoms with Crippen LogP contribution in [0.4, 0.5) is 0 Å². The standard InChI is InChI=1S/C19H24N4O4/c1-19(2,9-20)10-21-16(25)11-3-4-12-8-23(18(27)13(12)7-11)14-5-6-15(24)22-17(14)26/h3-4,7,14H,5-6,8-10,20H2,1-2H3,(H,21,25)(H,22,24,26). The predicted octanol–water partition coefficient (Wildman–Crippen LogP) is 0.162. The molecular weight excluding hydrogens is 348 g/mol. The molecule has 4 N–H and O–H groups in total. The van der Waals surface area contributed by atoms with E-state index < -0.39 is 11.9 Å². The molecule has 0 aliphatic carbocycles. The number of amides is 4. The molecule has 1 aromatic carbocycles. The molecule has 0 spiro atoms.